The predicted molar refractivity (Wildman–Crippen MR) is 36.4 cm³/mol. The average Bonchev–Trinajstić information content (AvgIpc) is 1.85. The van der Waals surface area contributed by atoms with Gasteiger partial charge in [-0.3, -0.25) is 0 Å². The first kappa shape index (κ1) is 13.6. The minimum atomic E-state index is -3.07. The fourth-order valence-corrected chi connectivity index (χ4v) is 0.273. The van der Waals surface area contributed by atoms with Gasteiger partial charge in [-0.15, -0.1) is 12.4 Å². The van der Waals surface area contributed by atoms with Gasteiger partial charge >= 0.3 is 0 Å². The summed E-state index contributed by atoms with van der Waals surface area (Å²) in [6.07, 6.45) is -6.14. The first-order valence-electron chi connectivity index (χ1n) is 2.71. The van der Waals surface area contributed by atoms with Gasteiger partial charge in [0.15, 0.2) is 0 Å². The number of nitrogens with two attached hydrogens (primary N) is 1. The second-order valence-electron chi connectivity index (χ2n) is 2.31. The lowest BCUT2D eigenvalue weighted by Crippen LogP contribution is -2.40. The lowest BCUT2D eigenvalue weighted by molar-refractivity contribution is -0.0911. The van der Waals surface area contributed by atoms with E-state index < -0.39 is 24.8 Å². The summed E-state index contributed by atoms with van der Waals surface area (Å²) >= 11 is 0. The number of alkyl halides is 4. The van der Waals surface area contributed by atoms with E-state index >= 15 is 0 Å². The van der Waals surface area contributed by atoms with Crippen LogP contribution < -0.4 is 5.73 Å². The van der Waals surface area contributed by atoms with Gasteiger partial charge in [0.2, 0.25) is 0 Å². The van der Waals surface area contributed by atoms with Crippen LogP contribution in [-0.4, -0.2) is 19.4 Å². The van der Waals surface area contributed by atoms with Gasteiger partial charge in [-0.2, -0.15) is 0 Å². The van der Waals surface area contributed by atoms with Gasteiger partial charge in [0.05, 0.1) is 0 Å². The molecule has 11 heavy (non-hydrogen) atoms. The van der Waals surface area contributed by atoms with E-state index in [0.29, 0.717) is 0 Å². The normalized spacial score (nSPS) is 12.0. The van der Waals surface area contributed by atoms with Crippen molar-refractivity contribution in [2.75, 3.05) is 6.54 Å². The molecule has 1 nitrogen and oxygen atoms in total. The quantitative estimate of drug-likeness (QED) is 0.684. The first-order chi connectivity index (χ1) is 4.45. The molecule has 0 aromatic rings. The molecule has 0 aliphatic carbocycles. The van der Waals surface area contributed by atoms with Crippen LogP contribution in [0.5, 0.6) is 0 Å². The lowest BCUT2D eigenvalue weighted by atomic mass is 9.92. The highest BCUT2D eigenvalue weighted by Crippen LogP contribution is 2.31. The fraction of sp³-hybridized carbons (Fsp3) is 1.00. The Hall–Kier alpha value is -0.0300. The van der Waals surface area contributed by atoms with Crippen LogP contribution in [0, 0.1) is 5.41 Å². The molecule has 0 saturated heterocycles. The summed E-state index contributed by atoms with van der Waals surface area (Å²) in [6.45, 7) is 0.0602. The maximum absolute atomic E-state index is 11.8. The largest absolute Gasteiger partial charge is 0.329 e. The van der Waals surface area contributed by atoms with Crippen molar-refractivity contribution in [3.8, 4) is 0 Å². The topological polar surface area (TPSA) is 26.0 Å². The highest BCUT2D eigenvalue weighted by atomic mass is 35.5. The molecule has 0 amide bonds. The van der Waals surface area contributed by atoms with Crippen molar-refractivity contribution < 1.29 is 17.6 Å². The number of hydrogen-bond donors (Lipinski definition) is 1. The van der Waals surface area contributed by atoms with Gasteiger partial charge in [-0.05, 0) is 6.92 Å². The first-order valence-corrected chi connectivity index (χ1v) is 2.71. The van der Waals surface area contributed by atoms with E-state index in [2.05, 4.69) is 0 Å². The summed E-state index contributed by atoms with van der Waals surface area (Å²) in [6, 6.07) is 0. The molecule has 6 heteroatoms. The van der Waals surface area contributed by atoms with E-state index in [1.54, 1.807) is 0 Å². The Kier molecular flexibility index (Phi) is 5.88. The zero-order chi connectivity index (χ0) is 8.36. The SMILES string of the molecule is CC(CN)(C(F)F)C(F)F.Cl. The molecule has 0 atom stereocenters. The van der Waals surface area contributed by atoms with Gasteiger partial charge in [0.1, 0.15) is 5.41 Å². The van der Waals surface area contributed by atoms with Crippen LogP contribution in [0.1, 0.15) is 6.92 Å². The van der Waals surface area contributed by atoms with Gasteiger partial charge < -0.3 is 5.73 Å². The van der Waals surface area contributed by atoms with Crippen LogP contribution in [0.15, 0.2) is 0 Å². The molecule has 70 valence electrons. The Bertz CT molecular complexity index is 101. The molecule has 0 saturated carbocycles. The summed E-state index contributed by atoms with van der Waals surface area (Å²) < 4.78 is 47.1. The monoisotopic (exact) mass is 195 g/mol. The van der Waals surface area contributed by atoms with Gasteiger partial charge in [-0.25, -0.2) is 17.6 Å². The molecule has 0 unspecified atom stereocenters. The molecule has 0 aromatic heterocycles. The maximum atomic E-state index is 11.8. The van der Waals surface area contributed by atoms with E-state index in [1.165, 1.54) is 0 Å². The molecule has 2 N–H and O–H groups in total. The van der Waals surface area contributed by atoms with Crippen LogP contribution in [0.3, 0.4) is 0 Å². The van der Waals surface area contributed by atoms with Crippen molar-refractivity contribution in [3.05, 3.63) is 0 Å². The molecule has 0 bridgehead atoms. The fourth-order valence-electron chi connectivity index (χ4n) is 0.273. The minimum Gasteiger partial charge on any atom is -0.329 e. The molecule has 0 aliphatic heterocycles. The summed E-state index contributed by atoms with van der Waals surface area (Å²) in [5.74, 6) is 0. The van der Waals surface area contributed by atoms with E-state index in [-0.39, 0.29) is 12.4 Å². The van der Waals surface area contributed by atoms with E-state index in [9.17, 15) is 17.6 Å². The predicted octanol–water partition coefficient (Wildman–Crippen LogP) is 1.90. The van der Waals surface area contributed by atoms with Crippen molar-refractivity contribution in [1.29, 1.82) is 0 Å². The standard InChI is InChI=1S/C5H9F4N.ClH/c1-5(2-10,3(6)7)4(8)9;/h3-4H,2,10H2,1H3;1H. The molecule has 0 radical (unpaired) electrons. The molecular weight excluding hydrogens is 186 g/mol. The molecule has 0 aromatic carbocycles. The van der Waals surface area contributed by atoms with Crippen molar-refractivity contribution in [1.82, 2.24) is 0 Å². The number of hydrogen-bond acceptors (Lipinski definition) is 1. The second kappa shape index (κ2) is 4.77. The van der Waals surface area contributed by atoms with E-state index in [1.807, 2.05) is 0 Å². The molecule has 0 heterocycles. The number of rotatable bonds is 3. The molecule has 0 aliphatic rings. The molecule has 0 rings (SSSR count). The number of halogens is 5. The van der Waals surface area contributed by atoms with Crippen molar-refractivity contribution >= 4 is 12.4 Å². The Morgan fingerprint density at radius 1 is 1.18 bits per heavy atom. The summed E-state index contributed by atoms with van der Waals surface area (Å²) in [4.78, 5) is 0. The Balaban J connectivity index is 0. The Labute approximate surface area is 68.4 Å². The summed E-state index contributed by atoms with van der Waals surface area (Å²) in [5, 5.41) is 0. The average molecular weight is 196 g/mol. The maximum Gasteiger partial charge on any atom is 0.250 e. The van der Waals surface area contributed by atoms with Crippen LogP contribution in [0.2, 0.25) is 0 Å². The summed E-state index contributed by atoms with van der Waals surface area (Å²) in [5.41, 5.74) is 2.40. The molecule has 0 fully saturated rings. The molecule has 0 spiro atoms. The lowest BCUT2D eigenvalue weighted by Gasteiger charge is -2.25. The van der Waals surface area contributed by atoms with Crippen molar-refractivity contribution in [2.45, 2.75) is 19.8 Å². The zero-order valence-corrected chi connectivity index (χ0v) is 6.68. The van der Waals surface area contributed by atoms with Gasteiger partial charge in [0.25, 0.3) is 12.9 Å². The second-order valence-corrected chi connectivity index (χ2v) is 2.31. The van der Waals surface area contributed by atoms with Crippen LogP contribution in [0.4, 0.5) is 17.6 Å². The van der Waals surface area contributed by atoms with Crippen LogP contribution >= 0.6 is 12.4 Å². The summed E-state index contributed by atoms with van der Waals surface area (Å²) in [7, 11) is 0. The third-order valence-electron chi connectivity index (χ3n) is 1.44. The molecular formula is C5H10ClF4N. The van der Waals surface area contributed by atoms with E-state index in [4.69, 9.17) is 5.73 Å². The highest BCUT2D eigenvalue weighted by Gasteiger charge is 2.42. The van der Waals surface area contributed by atoms with Gasteiger partial charge in [0, 0.05) is 6.54 Å². The Morgan fingerprint density at radius 3 is 1.45 bits per heavy atom. The van der Waals surface area contributed by atoms with Crippen molar-refractivity contribution in [2.24, 2.45) is 11.1 Å². The third-order valence-corrected chi connectivity index (χ3v) is 1.44. The zero-order valence-electron chi connectivity index (χ0n) is 5.86. The van der Waals surface area contributed by atoms with Crippen molar-refractivity contribution in [3.63, 3.8) is 0 Å². The van der Waals surface area contributed by atoms with E-state index in [0.717, 1.165) is 6.92 Å². The highest BCUT2D eigenvalue weighted by molar-refractivity contribution is 5.85. The van der Waals surface area contributed by atoms with Crippen LogP contribution in [0.25, 0.3) is 0 Å². The Morgan fingerprint density at radius 2 is 1.45 bits per heavy atom. The third kappa shape index (κ3) is 2.83. The van der Waals surface area contributed by atoms with Gasteiger partial charge in [-0.1, -0.05) is 0 Å². The van der Waals surface area contributed by atoms with Crippen LogP contribution in [-0.2, 0) is 0 Å². The smallest absolute Gasteiger partial charge is 0.250 e. The minimum absolute atomic E-state index is 0.